The Morgan fingerprint density at radius 1 is 1.47 bits per heavy atom. The first-order valence-electron chi connectivity index (χ1n) is 4.40. The highest BCUT2D eigenvalue weighted by atomic mass is 32.2. The third-order valence-electron chi connectivity index (χ3n) is 2.08. The van der Waals surface area contributed by atoms with Crippen molar-refractivity contribution in [2.24, 2.45) is 5.16 Å². The van der Waals surface area contributed by atoms with Crippen LogP contribution in [0.5, 0.6) is 0 Å². The molecule has 0 aliphatic carbocycles. The summed E-state index contributed by atoms with van der Waals surface area (Å²) in [5.74, 6) is 0. The number of hydrogen-bond acceptors (Lipinski definition) is 5. The highest BCUT2D eigenvalue weighted by Crippen LogP contribution is 2.18. The van der Waals surface area contributed by atoms with Gasteiger partial charge in [0.05, 0.1) is 5.69 Å². The smallest absolute Gasteiger partial charge is 0.232 e. The van der Waals surface area contributed by atoms with Crippen molar-refractivity contribution in [3.8, 4) is 0 Å². The zero-order valence-corrected chi connectivity index (χ0v) is 8.94. The van der Waals surface area contributed by atoms with Gasteiger partial charge in [-0.05, 0) is 12.1 Å². The molecule has 2 heterocycles. The molecule has 0 spiro atoms. The zero-order chi connectivity index (χ0) is 10.9. The number of oxime groups is 1. The van der Waals surface area contributed by atoms with E-state index < -0.39 is 15.3 Å². The van der Waals surface area contributed by atoms with E-state index in [1.165, 1.54) is 0 Å². The van der Waals surface area contributed by atoms with Crippen molar-refractivity contribution in [2.45, 2.75) is 11.9 Å². The van der Waals surface area contributed by atoms with Crippen molar-refractivity contribution < 1.29 is 13.3 Å². The molecule has 0 aromatic carbocycles. The predicted octanol–water partition coefficient (Wildman–Crippen LogP) is 0.577. The van der Waals surface area contributed by atoms with Crippen LogP contribution in [0.15, 0.2) is 29.6 Å². The number of aromatic nitrogens is 1. The lowest BCUT2D eigenvalue weighted by atomic mass is 10.2. The van der Waals surface area contributed by atoms with Gasteiger partial charge in [0, 0.05) is 18.9 Å². The molecule has 1 aliphatic rings. The van der Waals surface area contributed by atoms with E-state index >= 15 is 0 Å². The van der Waals surface area contributed by atoms with Gasteiger partial charge < -0.3 is 4.84 Å². The van der Waals surface area contributed by atoms with Crippen LogP contribution in [0, 0.1) is 0 Å². The Morgan fingerprint density at radius 3 is 2.80 bits per heavy atom. The molecule has 1 aromatic heterocycles. The molecule has 0 N–H and O–H groups in total. The van der Waals surface area contributed by atoms with Crippen LogP contribution in [-0.4, -0.2) is 30.8 Å². The highest BCUT2D eigenvalue weighted by Gasteiger charge is 2.30. The molecule has 1 aliphatic heterocycles. The molecule has 0 saturated carbocycles. The minimum Gasteiger partial charge on any atom is -0.375 e. The lowest BCUT2D eigenvalue weighted by Gasteiger charge is -2.03. The van der Waals surface area contributed by atoms with Gasteiger partial charge in [-0.2, -0.15) is 0 Å². The van der Waals surface area contributed by atoms with Crippen molar-refractivity contribution >= 4 is 15.5 Å². The largest absolute Gasteiger partial charge is 0.375 e. The molecule has 1 atom stereocenters. The quantitative estimate of drug-likeness (QED) is 0.739. The van der Waals surface area contributed by atoms with Crippen molar-refractivity contribution in [2.75, 3.05) is 6.26 Å². The Hall–Kier alpha value is -1.43. The third kappa shape index (κ3) is 2.15. The first kappa shape index (κ1) is 10.1. The normalized spacial score (nSPS) is 20.9. The minimum atomic E-state index is -3.21. The maximum Gasteiger partial charge on any atom is 0.232 e. The van der Waals surface area contributed by atoms with E-state index in [1.807, 2.05) is 6.07 Å². The van der Waals surface area contributed by atoms with Gasteiger partial charge in [-0.15, -0.1) is 0 Å². The van der Waals surface area contributed by atoms with Crippen LogP contribution in [0.2, 0.25) is 0 Å². The van der Waals surface area contributed by atoms with Crippen molar-refractivity contribution in [3.05, 3.63) is 30.1 Å². The van der Waals surface area contributed by atoms with Crippen LogP contribution in [0.1, 0.15) is 12.1 Å². The summed E-state index contributed by atoms with van der Waals surface area (Å²) in [5.41, 5.74) is 0.365. The Balaban J connectivity index is 2.18. The van der Waals surface area contributed by atoms with E-state index in [0.717, 1.165) is 6.26 Å². The van der Waals surface area contributed by atoms with Crippen LogP contribution in [0.3, 0.4) is 0 Å². The highest BCUT2D eigenvalue weighted by molar-refractivity contribution is 7.91. The molecule has 0 unspecified atom stereocenters. The van der Waals surface area contributed by atoms with Gasteiger partial charge in [0.15, 0.2) is 9.84 Å². The van der Waals surface area contributed by atoms with E-state index in [9.17, 15) is 8.42 Å². The average Bonchev–Trinajstić information content (AvgIpc) is 2.67. The van der Waals surface area contributed by atoms with Gasteiger partial charge in [0.1, 0.15) is 5.71 Å². The summed E-state index contributed by atoms with van der Waals surface area (Å²) in [7, 11) is -3.21. The summed E-state index contributed by atoms with van der Waals surface area (Å²) >= 11 is 0. The molecule has 2 rings (SSSR count). The third-order valence-corrected chi connectivity index (χ3v) is 3.29. The summed E-state index contributed by atoms with van der Waals surface area (Å²) in [4.78, 5) is 8.92. The van der Waals surface area contributed by atoms with Crippen LogP contribution < -0.4 is 0 Å². The molecule has 0 fully saturated rings. The lowest BCUT2D eigenvalue weighted by Crippen LogP contribution is -2.19. The second-order valence-corrected chi connectivity index (χ2v) is 5.51. The molecular formula is C9H10N2O3S. The molecule has 0 saturated heterocycles. The number of pyridine rings is 1. The van der Waals surface area contributed by atoms with Crippen molar-refractivity contribution in [3.63, 3.8) is 0 Å². The Bertz CT molecular complexity index is 481. The van der Waals surface area contributed by atoms with Gasteiger partial charge in [0.25, 0.3) is 0 Å². The second-order valence-electron chi connectivity index (χ2n) is 3.32. The molecule has 1 aromatic rings. The van der Waals surface area contributed by atoms with Crippen LogP contribution >= 0.6 is 0 Å². The van der Waals surface area contributed by atoms with Gasteiger partial charge in [-0.25, -0.2) is 8.42 Å². The average molecular weight is 226 g/mol. The molecule has 6 heteroatoms. The fraction of sp³-hybridized carbons (Fsp3) is 0.333. The van der Waals surface area contributed by atoms with Gasteiger partial charge in [-0.3, -0.25) is 4.98 Å². The Kier molecular flexibility index (Phi) is 2.44. The Morgan fingerprint density at radius 2 is 2.27 bits per heavy atom. The number of rotatable bonds is 2. The van der Waals surface area contributed by atoms with E-state index in [0.29, 0.717) is 11.4 Å². The molecule has 5 nitrogen and oxygen atoms in total. The van der Waals surface area contributed by atoms with E-state index in [1.54, 1.807) is 18.3 Å². The maximum atomic E-state index is 11.2. The van der Waals surface area contributed by atoms with Crippen molar-refractivity contribution in [1.29, 1.82) is 0 Å². The minimum absolute atomic E-state index is 0.260. The summed E-state index contributed by atoms with van der Waals surface area (Å²) in [6.07, 6.45) is 3.02. The first-order chi connectivity index (χ1) is 7.07. The Labute approximate surface area is 87.7 Å². The summed E-state index contributed by atoms with van der Waals surface area (Å²) < 4.78 is 22.4. The molecule has 15 heavy (non-hydrogen) atoms. The number of sulfone groups is 1. The maximum absolute atomic E-state index is 11.2. The monoisotopic (exact) mass is 226 g/mol. The molecule has 80 valence electrons. The molecule has 0 amide bonds. The molecule has 0 bridgehead atoms. The summed E-state index contributed by atoms with van der Waals surface area (Å²) in [5, 5.41) is 3.73. The zero-order valence-electron chi connectivity index (χ0n) is 8.12. The second kappa shape index (κ2) is 3.62. The van der Waals surface area contributed by atoms with E-state index in [2.05, 4.69) is 10.1 Å². The topological polar surface area (TPSA) is 68.6 Å². The van der Waals surface area contributed by atoms with Gasteiger partial charge >= 0.3 is 0 Å². The SMILES string of the molecule is CS(=O)(=O)[C@@H]1CC(c2ccccn2)=NO1. The predicted molar refractivity (Wildman–Crippen MR) is 55.1 cm³/mol. The summed E-state index contributed by atoms with van der Waals surface area (Å²) in [6, 6.07) is 5.37. The fourth-order valence-electron chi connectivity index (χ4n) is 1.27. The standard InChI is InChI=1S/C9H10N2O3S/c1-15(12,13)9-6-8(11-14-9)7-4-2-3-5-10-7/h2-5,9H,6H2,1H3/t9-/m1/s1. The molecular weight excluding hydrogens is 216 g/mol. The summed E-state index contributed by atoms with van der Waals surface area (Å²) in [6.45, 7) is 0. The van der Waals surface area contributed by atoms with Crippen LogP contribution in [0.25, 0.3) is 0 Å². The van der Waals surface area contributed by atoms with E-state index in [-0.39, 0.29) is 6.42 Å². The van der Waals surface area contributed by atoms with Crippen LogP contribution in [-0.2, 0) is 14.7 Å². The van der Waals surface area contributed by atoms with Crippen LogP contribution in [0.4, 0.5) is 0 Å². The number of hydrogen-bond donors (Lipinski definition) is 0. The number of nitrogens with zero attached hydrogens (tertiary/aromatic N) is 2. The first-order valence-corrected chi connectivity index (χ1v) is 6.36. The van der Waals surface area contributed by atoms with E-state index in [4.69, 9.17) is 4.84 Å². The van der Waals surface area contributed by atoms with Gasteiger partial charge in [0.2, 0.25) is 5.44 Å². The lowest BCUT2D eigenvalue weighted by molar-refractivity contribution is 0.141. The fourth-order valence-corrected chi connectivity index (χ4v) is 1.93. The van der Waals surface area contributed by atoms with Gasteiger partial charge in [-0.1, -0.05) is 11.2 Å². The molecule has 0 radical (unpaired) electrons. The van der Waals surface area contributed by atoms with Crippen molar-refractivity contribution in [1.82, 2.24) is 4.98 Å².